The van der Waals surface area contributed by atoms with Crippen molar-refractivity contribution in [2.75, 3.05) is 26.4 Å². The van der Waals surface area contributed by atoms with Crippen LogP contribution in [0, 0.1) is 0 Å². The van der Waals surface area contributed by atoms with Crippen molar-refractivity contribution < 1.29 is 47.8 Å². The summed E-state index contributed by atoms with van der Waals surface area (Å²) >= 11 is 0. The van der Waals surface area contributed by atoms with E-state index in [0.717, 1.165) is 77.0 Å². The van der Waals surface area contributed by atoms with Gasteiger partial charge in [-0.05, 0) is 64.2 Å². The van der Waals surface area contributed by atoms with Gasteiger partial charge in [-0.3, -0.25) is 18.6 Å². The Balaban J connectivity index is 4.38. The number of ether oxygens (including phenoxy) is 2. The molecule has 0 aromatic carbocycles. The number of carbonyl (C=O) groups is 2. The minimum atomic E-state index is -4.61. The van der Waals surface area contributed by atoms with E-state index >= 15 is 0 Å². The topological polar surface area (TPSA) is 149 Å². The second kappa shape index (κ2) is 34.9. The number of hydrogen-bond acceptors (Lipinski definition) is 9. The quantitative estimate of drug-likeness (QED) is 0.0248. The van der Waals surface area contributed by atoms with E-state index < -0.39 is 51.8 Å². The van der Waals surface area contributed by atoms with E-state index in [2.05, 4.69) is 42.7 Å². The average molecular weight is 719 g/mol. The van der Waals surface area contributed by atoms with Gasteiger partial charge in [0.15, 0.2) is 6.10 Å². The molecule has 0 aliphatic carbocycles. The summed E-state index contributed by atoms with van der Waals surface area (Å²) in [7, 11) is -4.61. The third-order valence-electron chi connectivity index (χ3n) is 8.08. The minimum absolute atomic E-state index is 0.173. The Kier molecular flexibility index (Phi) is 33.8. The van der Waals surface area contributed by atoms with Gasteiger partial charge < -0.3 is 24.6 Å². The van der Waals surface area contributed by atoms with Gasteiger partial charge in [0.1, 0.15) is 12.7 Å². The van der Waals surface area contributed by atoms with Crippen molar-refractivity contribution in [2.45, 2.75) is 180 Å². The van der Waals surface area contributed by atoms with Gasteiger partial charge in [-0.15, -0.1) is 0 Å². The number of esters is 2. The van der Waals surface area contributed by atoms with Gasteiger partial charge in [0.2, 0.25) is 0 Å². The fraction of sp³-hybridized carbons (Fsp3) is 0.842. The summed E-state index contributed by atoms with van der Waals surface area (Å²) in [6.07, 6.45) is 31.5. The van der Waals surface area contributed by atoms with Gasteiger partial charge in [0.25, 0.3) is 0 Å². The number of phosphoric ester groups is 1. The second-order valence-electron chi connectivity index (χ2n) is 12.9. The number of allylic oxidation sites excluding steroid dienone is 4. The molecule has 49 heavy (non-hydrogen) atoms. The van der Waals surface area contributed by atoms with Gasteiger partial charge in [0.05, 0.1) is 19.8 Å². The summed E-state index contributed by atoms with van der Waals surface area (Å²) in [4.78, 5) is 34.8. The summed E-state index contributed by atoms with van der Waals surface area (Å²) in [6.45, 7) is 2.31. The van der Waals surface area contributed by atoms with Gasteiger partial charge in [-0.25, -0.2) is 4.57 Å². The van der Waals surface area contributed by atoms with Crippen LogP contribution in [0.5, 0.6) is 0 Å². The largest absolute Gasteiger partial charge is 0.472 e. The lowest BCUT2D eigenvalue weighted by Gasteiger charge is -2.20. The molecule has 0 aliphatic heterocycles. The normalized spacial score (nSPS) is 14.3. The maximum Gasteiger partial charge on any atom is 0.472 e. The van der Waals surface area contributed by atoms with Crippen LogP contribution in [0.4, 0.5) is 0 Å². The molecule has 3 N–H and O–H groups in total. The fourth-order valence-corrected chi connectivity index (χ4v) is 5.83. The highest BCUT2D eigenvalue weighted by molar-refractivity contribution is 7.47. The molecule has 0 aromatic rings. The molecule has 0 rings (SSSR count). The smallest absolute Gasteiger partial charge is 0.462 e. The molecule has 0 aromatic heterocycles. The number of unbranched alkanes of at least 4 members (excludes halogenated alkanes) is 18. The van der Waals surface area contributed by atoms with Crippen LogP contribution in [0.25, 0.3) is 0 Å². The van der Waals surface area contributed by atoms with E-state index in [1.165, 1.54) is 51.4 Å². The zero-order valence-electron chi connectivity index (χ0n) is 30.9. The van der Waals surface area contributed by atoms with Crippen LogP contribution >= 0.6 is 7.82 Å². The van der Waals surface area contributed by atoms with Crippen molar-refractivity contribution in [2.24, 2.45) is 0 Å². The summed E-state index contributed by atoms with van der Waals surface area (Å²) < 4.78 is 32.5. The molecule has 3 atom stereocenters. The molecule has 11 heteroatoms. The van der Waals surface area contributed by atoms with Gasteiger partial charge in [0, 0.05) is 12.8 Å². The van der Waals surface area contributed by atoms with Crippen molar-refractivity contribution >= 4 is 19.8 Å². The van der Waals surface area contributed by atoms with Crippen molar-refractivity contribution in [3.05, 3.63) is 24.3 Å². The predicted octanol–water partition coefficient (Wildman–Crippen LogP) is 9.44. The van der Waals surface area contributed by atoms with Crippen molar-refractivity contribution in [1.29, 1.82) is 0 Å². The molecule has 0 radical (unpaired) electrons. The summed E-state index contributed by atoms with van der Waals surface area (Å²) in [5.74, 6) is -0.945. The van der Waals surface area contributed by atoms with Crippen LogP contribution < -0.4 is 0 Å². The lowest BCUT2D eigenvalue weighted by molar-refractivity contribution is -0.161. The van der Waals surface area contributed by atoms with E-state index in [-0.39, 0.29) is 19.4 Å². The number of aliphatic hydroxyl groups excluding tert-OH is 2. The highest BCUT2D eigenvalue weighted by atomic mass is 31.2. The van der Waals surface area contributed by atoms with Crippen LogP contribution in [0.3, 0.4) is 0 Å². The molecule has 0 aliphatic rings. The standard InChI is InChI=1S/C38H71O10P/c1-3-5-7-9-11-13-15-17-18-20-21-23-25-27-29-37(41)45-33-36(34-47-49(43,44)46-32-35(40)31-39)48-38(42)30-28-26-24-22-19-16-14-12-10-8-6-4-2/h12,14-15,17,35-36,39-40H,3-11,13,16,18-34H2,1-2H3,(H,43,44)/b14-12+,17-15+/t35-,36+/m0/s1. The highest BCUT2D eigenvalue weighted by Gasteiger charge is 2.27. The maximum absolute atomic E-state index is 12.5. The highest BCUT2D eigenvalue weighted by Crippen LogP contribution is 2.43. The van der Waals surface area contributed by atoms with Gasteiger partial charge >= 0.3 is 19.8 Å². The molecule has 10 nitrogen and oxygen atoms in total. The molecular weight excluding hydrogens is 647 g/mol. The summed E-state index contributed by atoms with van der Waals surface area (Å²) in [5, 5.41) is 18.3. The molecule has 0 fully saturated rings. The first-order chi connectivity index (χ1) is 23.7. The van der Waals surface area contributed by atoms with Crippen molar-refractivity contribution in [3.63, 3.8) is 0 Å². The van der Waals surface area contributed by atoms with Crippen LogP contribution in [-0.4, -0.2) is 65.7 Å². The first-order valence-electron chi connectivity index (χ1n) is 19.3. The van der Waals surface area contributed by atoms with E-state index in [1.54, 1.807) is 0 Å². The minimum Gasteiger partial charge on any atom is -0.462 e. The van der Waals surface area contributed by atoms with Crippen LogP contribution in [0.2, 0.25) is 0 Å². The van der Waals surface area contributed by atoms with Crippen LogP contribution in [-0.2, 0) is 32.7 Å². The van der Waals surface area contributed by atoms with Gasteiger partial charge in [-0.2, -0.15) is 0 Å². The third-order valence-corrected chi connectivity index (χ3v) is 9.03. The van der Waals surface area contributed by atoms with E-state index in [9.17, 15) is 24.2 Å². The number of aliphatic hydroxyl groups is 2. The zero-order valence-corrected chi connectivity index (χ0v) is 31.8. The second-order valence-corrected chi connectivity index (χ2v) is 14.4. The molecule has 1 unspecified atom stereocenters. The van der Waals surface area contributed by atoms with Crippen LogP contribution in [0.1, 0.15) is 168 Å². The Morgan fingerprint density at radius 1 is 0.592 bits per heavy atom. The SMILES string of the molecule is CCCCC/C=C/CCCCCCCC(=O)O[C@H](COC(=O)CCCCCCC/C=C/CCCCCCC)COP(=O)(O)OC[C@@H](O)CO. The molecule has 0 heterocycles. The Morgan fingerprint density at radius 3 is 1.51 bits per heavy atom. The molecule has 0 saturated heterocycles. The Bertz CT molecular complexity index is 879. The monoisotopic (exact) mass is 718 g/mol. The number of rotatable bonds is 36. The third kappa shape index (κ3) is 34.7. The van der Waals surface area contributed by atoms with E-state index in [0.29, 0.717) is 12.8 Å². The van der Waals surface area contributed by atoms with Crippen molar-refractivity contribution in [1.82, 2.24) is 0 Å². The molecule has 0 amide bonds. The Morgan fingerprint density at radius 2 is 1.00 bits per heavy atom. The average Bonchev–Trinajstić information content (AvgIpc) is 3.09. The number of phosphoric acid groups is 1. The van der Waals surface area contributed by atoms with Gasteiger partial charge in [-0.1, -0.05) is 115 Å². The maximum atomic E-state index is 12.5. The zero-order chi connectivity index (χ0) is 36.3. The number of hydrogen-bond donors (Lipinski definition) is 3. The summed E-state index contributed by atoms with van der Waals surface area (Å²) in [5.41, 5.74) is 0. The molecule has 288 valence electrons. The Labute approximate surface area is 298 Å². The predicted molar refractivity (Wildman–Crippen MR) is 196 cm³/mol. The van der Waals surface area contributed by atoms with E-state index in [1.807, 2.05) is 0 Å². The Hall–Kier alpha value is -1.55. The van der Waals surface area contributed by atoms with E-state index in [4.69, 9.17) is 19.1 Å². The number of carbonyl (C=O) groups excluding carboxylic acids is 2. The first-order valence-corrected chi connectivity index (χ1v) is 20.8. The molecule has 0 saturated carbocycles. The van der Waals surface area contributed by atoms with Crippen molar-refractivity contribution in [3.8, 4) is 0 Å². The first kappa shape index (κ1) is 47.4. The fourth-order valence-electron chi connectivity index (χ4n) is 5.04. The lowest BCUT2D eigenvalue weighted by Crippen LogP contribution is -2.29. The summed E-state index contributed by atoms with van der Waals surface area (Å²) in [6, 6.07) is 0. The molecule has 0 bridgehead atoms. The van der Waals surface area contributed by atoms with Crippen LogP contribution in [0.15, 0.2) is 24.3 Å². The lowest BCUT2D eigenvalue weighted by atomic mass is 10.1. The molecule has 0 spiro atoms. The molecular formula is C38H71O10P.